The molecule has 0 radical (unpaired) electrons. The van der Waals surface area contributed by atoms with Gasteiger partial charge in [0.2, 0.25) is 0 Å². The maximum atomic E-state index is 11.8. The van der Waals surface area contributed by atoms with Crippen LogP contribution in [-0.4, -0.2) is 18.7 Å². The van der Waals surface area contributed by atoms with Gasteiger partial charge >= 0.3 is 0 Å². The van der Waals surface area contributed by atoms with E-state index in [1.54, 1.807) is 12.1 Å². The van der Waals surface area contributed by atoms with Gasteiger partial charge in [0.05, 0.1) is 12.5 Å². The van der Waals surface area contributed by atoms with Crippen molar-refractivity contribution in [3.8, 4) is 5.75 Å². The number of furan rings is 1. The molecule has 5 nitrogen and oxygen atoms in total. The summed E-state index contributed by atoms with van der Waals surface area (Å²) in [6, 6.07) is 21.6. The fourth-order valence-corrected chi connectivity index (χ4v) is 2.70. The van der Waals surface area contributed by atoms with Crippen LogP contribution < -0.4 is 10.2 Å². The molecule has 2 aromatic carbocycles. The SMILES string of the molecule is CC(C)(c1ccccc1)c1ccc(OCC(=O)NN=Cc2ccco2)cc1. The summed E-state index contributed by atoms with van der Waals surface area (Å²) in [4.78, 5) is 11.8. The van der Waals surface area contributed by atoms with Crippen molar-refractivity contribution >= 4 is 12.1 Å². The average molecular weight is 362 g/mol. The van der Waals surface area contributed by atoms with Gasteiger partial charge < -0.3 is 9.15 Å². The predicted octanol–water partition coefficient (Wildman–Crippen LogP) is 4.13. The summed E-state index contributed by atoms with van der Waals surface area (Å²) in [5.74, 6) is 0.854. The lowest BCUT2D eigenvalue weighted by Crippen LogP contribution is -2.24. The third-order valence-electron chi connectivity index (χ3n) is 4.37. The van der Waals surface area contributed by atoms with E-state index in [0.29, 0.717) is 11.5 Å². The Morgan fingerprint density at radius 1 is 1.04 bits per heavy atom. The highest BCUT2D eigenvalue weighted by atomic mass is 16.5. The zero-order valence-corrected chi connectivity index (χ0v) is 15.4. The highest BCUT2D eigenvalue weighted by Gasteiger charge is 2.22. The van der Waals surface area contributed by atoms with Gasteiger partial charge in [0, 0.05) is 5.41 Å². The first kappa shape index (κ1) is 18.5. The van der Waals surface area contributed by atoms with E-state index in [1.165, 1.54) is 23.6 Å². The molecule has 0 fully saturated rings. The van der Waals surface area contributed by atoms with E-state index in [1.807, 2.05) is 42.5 Å². The minimum absolute atomic E-state index is 0.113. The molecule has 27 heavy (non-hydrogen) atoms. The number of rotatable bonds is 7. The third-order valence-corrected chi connectivity index (χ3v) is 4.37. The number of hydrazone groups is 1. The summed E-state index contributed by atoms with van der Waals surface area (Å²) in [5.41, 5.74) is 4.70. The molecule has 1 amide bonds. The lowest BCUT2D eigenvalue weighted by atomic mass is 9.78. The van der Waals surface area contributed by atoms with Crippen LogP contribution >= 0.6 is 0 Å². The van der Waals surface area contributed by atoms with E-state index in [9.17, 15) is 4.79 Å². The van der Waals surface area contributed by atoms with Crippen LogP contribution in [0.4, 0.5) is 0 Å². The van der Waals surface area contributed by atoms with Gasteiger partial charge in [0.1, 0.15) is 11.5 Å². The van der Waals surface area contributed by atoms with E-state index in [-0.39, 0.29) is 17.9 Å². The van der Waals surface area contributed by atoms with E-state index >= 15 is 0 Å². The number of nitrogens with zero attached hydrogens (tertiary/aromatic N) is 1. The zero-order valence-electron chi connectivity index (χ0n) is 15.4. The van der Waals surface area contributed by atoms with Crippen LogP contribution in [0.2, 0.25) is 0 Å². The Kier molecular flexibility index (Phi) is 5.71. The molecule has 0 spiro atoms. The number of benzene rings is 2. The van der Waals surface area contributed by atoms with Crippen molar-refractivity contribution in [1.82, 2.24) is 5.43 Å². The molecule has 1 N–H and O–H groups in total. The van der Waals surface area contributed by atoms with Gasteiger partial charge in [-0.1, -0.05) is 56.3 Å². The summed E-state index contributed by atoms with van der Waals surface area (Å²) in [5, 5.41) is 3.81. The summed E-state index contributed by atoms with van der Waals surface area (Å²) in [7, 11) is 0. The van der Waals surface area contributed by atoms with Crippen molar-refractivity contribution in [2.75, 3.05) is 6.61 Å². The normalized spacial score (nSPS) is 11.5. The third kappa shape index (κ3) is 4.85. The smallest absolute Gasteiger partial charge is 0.277 e. The molecule has 0 atom stereocenters. The van der Waals surface area contributed by atoms with E-state index < -0.39 is 0 Å². The number of carbonyl (C=O) groups excluding carboxylic acids is 1. The molecular formula is C22H22N2O3. The Morgan fingerprint density at radius 2 is 1.74 bits per heavy atom. The van der Waals surface area contributed by atoms with Crippen molar-refractivity contribution in [2.45, 2.75) is 19.3 Å². The second-order valence-electron chi connectivity index (χ2n) is 6.61. The van der Waals surface area contributed by atoms with Gasteiger partial charge in [-0.15, -0.1) is 0 Å². The Hall–Kier alpha value is -3.34. The molecule has 1 heterocycles. The number of hydrogen-bond donors (Lipinski definition) is 1. The van der Waals surface area contributed by atoms with Crippen LogP contribution in [0.3, 0.4) is 0 Å². The Morgan fingerprint density at radius 3 is 2.41 bits per heavy atom. The van der Waals surface area contributed by atoms with Crippen LogP contribution in [0.25, 0.3) is 0 Å². The molecule has 1 aromatic heterocycles. The van der Waals surface area contributed by atoms with Gasteiger partial charge in [0.15, 0.2) is 6.61 Å². The van der Waals surface area contributed by atoms with Crippen LogP contribution in [0.5, 0.6) is 5.75 Å². The first-order valence-corrected chi connectivity index (χ1v) is 8.70. The molecule has 0 bridgehead atoms. The Balaban J connectivity index is 1.54. The monoisotopic (exact) mass is 362 g/mol. The van der Waals surface area contributed by atoms with Gasteiger partial charge in [-0.2, -0.15) is 5.10 Å². The quantitative estimate of drug-likeness (QED) is 0.508. The molecule has 0 aliphatic carbocycles. The summed E-state index contributed by atoms with van der Waals surface area (Å²) < 4.78 is 10.6. The second kappa shape index (κ2) is 8.36. The fourth-order valence-electron chi connectivity index (χ4n) is 2.70. The molecule has 0 saturated carbocycles. The average Bonchev–Trinajstić information content (AvgIpc) is 3.21. The minimum Gasteiger partial charge on any atom is -0.484 e. The fraction of sp³-hybridized carbons (Fsp3) is 0.182. The number of hydrogen-bond acceptors (Lipinski definition) is 4. The molecule has 0 aliphatic heterocycles. The first-order chi connectivity index (χ1) is 13.1. The standard InChI is InChI=1S/C22H22N2O3/c1-22(2,17-7-4-3-5-8-17)18-10-12-19(13-11-18)27-16-21(25)24-23-15-20-9-6-14-26-20/h3-15H,16H2,1-2H3,(H,24,25). The van der Waals surface area contributed by atoms with E-state index in [0.717, 1.165) is 0 Å². The molecule has 3 aromatic rings. The van der Waals surface area contributed by atoms with Gasteiger partial charge in [0.25, 0.3) is 5.91 Å². The molecule has 138 valence electrons. The summed E-state index contributed by atoms with van der Waals surface area (Å²) >= 11 is 0. The highest BCUT2D eigenvalue weighted by Crippen LogP contribution is 2.32. The number of carbonyl (C=O) groups is 1. The second-order valence-corrected chi connectivity index (χ2v) is 6.61. The van der Waals surface area contributed by atoms with Crippen molar-refractivity contribution in [3.63, 3.8) is 0 Å². The number of amides is 1. The maximum absolute atomic E-state index is 11.8. The Labute approximate surface area is 158 Å². The summed E-state index contributed by atoms with van der Waals surface area (Å²) in [6.07, 6.45) is 2.97. The zero-order chi connectivity index (χ0) is 19.1. The molecular weight excluding hydrogens is 340 g/mol. The molecule has 5 heteroatoms. The summed E-state index contributed by atoms with van der Waals surface area (Å²) in [6.45, 7) is 4.25. The Bertz CT molecular complexity index is 883. The van der Waals surface area contributed by atoms with Crippen molar-refractivity contribution in [2.24, 2.45) is 5.10 Å². The van der Waals surface area contributed by atoms with Gasteiger partial charge in [-0.25, -0.2) is 5.43 Å². The number of ether oxygens (including phenoxy) is 1. The maximum Gasteiger partial charge on any atom is 0.277 e. The van der Waals surface area contributed by atoms with Crippen LogP contribution in [-0.2, 0) is 10.2 Å². The topological polar surface area (TPSA) is 63.8 Å². The van der Waals surface area contributed by atoms with E-state index in [2.05, 4.69) is 36.5 Å². The molecule has 0 unspecified atom stereocenters. The van der Waals surface area contributed by atoms with Gasteiger partial charge in [-0.3, -0.25) is 4.79 Å². The lowest BCUT2D eigenvalue weighted by Gasteiger charge is -2.26. The molecule has 0 aliphatic rings. The van der Waals surface area contributed by atoms with Crippen LogP contribution in [0.1, 0.15) is 30.7 Å². The van der Waals surface area contributed by atoms with Crippen molar-refractivity contribution in [3.05, 3.63) is 89.9 Å². The van der Waals surface area contributed by atoms with Crippen molar-refractivity contribution in [1.29, 1.82) is 0 Å². The lowest BCUT2D eigenvalue weighted by molar-refractivity contribution is -0.123. The van der Waals surface area contributed by atoms with E-state index in [4.69, 9.17) is 9.15 Å². The highest BCUT2D eigenvalue weighted by molar-refractivity contribution is 5.81. The van der Waals surface area contributed by atoms with Crippen molar-refractivity contribution < 1.29 is 13.9 Å². The first-order valence-electron chi connectivity index (χ1n) is 8.70. The molecule has 3 rings (SSSR count). The van der Waals surface area contributed by atoms with Crippen LogP contribution in [0.15, 0.2) is 82.5 Å². The molecule has 0 saturated heterocycles. The van der Waals surface area contributed by atoms with Crippen LogP contribution in [0, 0.1) is 0 Å². The largest absolute Gasteiger partial charge is 0.484 e. The van der Waals surface area contributed by atoms with Gasteiger partial charge in [-0.05, 0) is 35.4 Å². The minimum atomic E-state index is -0.341. The predicted molar refractivity (Wildman–Crippen MR) is 105 cm³/mol. The number of nitrogens with one attached hydrogen (secondary N) is 1.